The van der Waals surface area contributed by atoms with Gasteiger partial charge in [0.15, 0.2) is 0 Å². The van der Waals surface area contributed by atoms with E-state index in [9.17, 15) is 12.8 Å². The first-order chi connectivity index (χ1) is 10.9. The highest BCUT2D eigenvalue weighted by Crippen LogP contribution is 2.42. The van der Waals surface area contributed by atoms with Crippen molar-refractivity contribution in [3.05, 3.63) is 77.2 Å². The van der Waals surface area contributed by atoms with Crippen LogP contribution < -0.4 is 0 Å². The van der Waals surface area contributed by atoms with Crippen LogP contribution in [0.1, 0.15) is 25.8 Å². The van der Waals surface area contributed by atoms with Crippen LogP contribution >= 0.6 is 0 Å². The molecule has 0 bridgehead atoms. The van der Waals surface area contributed by atoms with Crippen LogP contribution in [0.2, 0.25) is 0 Å². The monoisotopic (exact) mass is 328 g/mol. The van der Waals surface area contributed by atoms with Crippen LogP contribution in [0.3, 0.4) is 0 Å². The third-order valence-electron chi connectivity index (χ3n) is 3.98. The lowest BCUT2D eigenvalue weighted by atomic mass is 9.92. The lowest BCUT2D eigenvalue weighted by molar-refractivity contribution is 0.626. The number of hydrogen-bond donors (Lipinski definition) is 0. The number of halogens is 1. The van der Waals surface area contributed by atoms with Crippen LogP contribution in [-0.4, -0.2) is 13.3 Å². The minimum absolute atomic E-state index is 0.0981. The Balaban J connectivity index is 2.02. The third kappa shape index (κ3) is 3.27. The zero-order valence-electron chi connectivity index (χ0n) is 13.0. The molecule has 0 heterocycles. The smallest absolute Gasteiger partial charge is 0.207 e. The van der Waals surface area contributed by atoms with E-state index in [0.29, 0.717) is 11.3 Å². The highest BCUT2D eigenvalue weighted by molar-refractivity contribution is 7.73. The zero-order valence-corrected chi connectivity index (χ0v) is 13.8. The van der Waals surface area contributed by atoms with E-state index in [1.165, 1.54) is 12.1 Å². The van der Waals surface area contributed by atoms with Gasteiger partial charge in [-0.1, -0.05) is 50.3 Å². The summed E-state index contributed by atoms with van der Waals surface area (Å²) >= 11 is 0. The number of hydrogen-bond acceptors (Lipinski definition) is 2. The van der Waals surface area contributed by atoms with Gasteiger partial charge < -0.3 is 0 Å². The maximum atomic E-state index is 13.2. The summed E-state index contributed by atoms with van der Waals surface area (Å²) < 4.78 is 35.2. The molecule has 0 spiro atoms. The molecule has 2 aliphatic carbocycles. The van der Waals surface area contributed by atoms with Gasteiger partial charge in [0.1, 0.15) is 5.82 Å². The molecular weight excluding hydrogens is 311 g/mol. The predicted octanol–water partition coefficient (Wildman–Crippen LogP) is 4.11. The second-order valence-corrected chi connectivity index (χ2v) is 7.34. The largest absolute Gasteiger partial charge is 0.217 e. The van der Waals surface area contributed by atoms with Crippen molar-refractivity contribution in [3.63, 3.8) is 0 Å². The van der Waals surface area contributed by atoms with Gasteiger partial charge in [0.05, 0.1) is 4.86 Å². The van der Waals surface area contributed by atoms with E-state index in [0.717, 1.165) is 22.3 Å². The van der Waals surface area contributed by atoms with Crippen molar-refractivity contribution in [1.29, 1.82) is 0 Å². The number of allylic oxidation sites excluding steroid dienone is 8. The molecule has 0 aliphatic heterocycles. The molecule has 0 saturated heterocycles. The molecular formula is C19H17FO2S. The molecule has 2 aliphatic rings. The van der Waals surface area contributed by atoms with Gasteiger partial charge in [0.2, 0.25) is 10.3 Å². The molecule has 0 saturated carbocycles. The van der Waals surface area contributed by atoms with Crippen molar-refractivity contribution in [2.24, 2.45) is 5.41 Å². The molecule has 1 aromatic carbocycles. The maximum Gasteiger partial charge on any atom is 0.217 e. The molecule has 0 atom stereocenters. The van der Waals surface area contributed by atoms with Crippen molar-refractivity contribution in [3.8, 4) is 0 Å². The lowest BCUT2D eigenvalue weighted by Gasteiger charge is -2.13. The van der Waals surface area contributed by atoms with E-state index in [1.807, 2.05) is 12.2 Å². The van der Waals surface area contributed by atoms with Crippen molar-refractivity contribution < 1.29 is 12.8 Å². The Labute approximate surface area is 136 Å². The van der Waals surface area contributed by atoms with Gasteiger partial charge >= 0.3 is 0 Å². The summed E-state index contributed by atoms with van der Waals surface area (Å²) in [6.07, 6.45) is 10.1. The van der Waals surface area contributed by atoms with E-state index in [1.54, 1.807) is 18.2 Å². The van der Waals surface area contributed by atoms with Gasteiger partial charge in [-0.3, -0.25) is 0 Å². The highest BCUT2D eigenvalue weighted by Gasteiger charge is 2.26. The van der Waals surface area contributed by atoms with Crippen molar-refractivity contribution >= 4 is 20.7 Å². The summed E-state index contributed by atoms with van der Waals surface area (Å²) in [6.45, 7) is 4.22. The van der Waals surface area contributed by atoms with E-state index >= 15 is 0 Å². The quantitative estimate of drug-likeness (QED) is 0.766. The second-order valence-electron chi connectivity index (χ2n) is 6.34. The van der Waals surface area contributed by atoms with E-state index in [2.05, 4.69) is 26.0 Å². The van der Waals surface area contributed by atoms with Gasteiger partial charge in [-0.05, 0) is 40.5 Å². The summed E-state index contributed by atoms with van der Waals surface area (Å²) in [5.41, 5.74) is 3.98. The predicted molar refractivity (Wildman–Crippen MR) is 92.0 cm³/mol. The minimum Gasteiger partial charge on any atom is -0.207 e. The summed E-state index contributed by atoms with van der Waals surface area (Å²) in [6, 6.07) is 6.45. The van der Waals surface area contributed by atoms with Crippen LogP contribution in [-0.2, 0) is 10.3 Å². The maximum absolute atomic E-state index is 13.2. The third-order valence-corrected chi connectivity index (χ3v) is 4.71. The molecule has 0 amide bonds. The van der Waals surface area contributed by atoms with E-state index in [4.69, 9.17) is 0 Å². The Morgan fingerprint density at radius 3 is 2.22 bits per heavy atom. The second kappa shape index (κ2) is 5.78. The molecule has 3 rings (SSSR count). The molecule has 0 fully saturated rings. The normalized spacial score (nSPS) is 19.3. The van der Waals surface area contributed by atoms with E-state index < -0.39 is 10.3 Å². The van der Waals surface area contributed by atoms with Crippen LogP contribution in [0.15, 0.2) is 65.8 Å². The van der Waals surface area contributed by atoms with Gasteiger partial charge in [-0.15, -0.1) is 0 Å². The van der Waals surface area contributed by atoms with Gasteiger partial charge in [-0.2, -0.15) is 8.42 Å². The van der Waals surface area contributed by atoms with Gasteiger partial charge in [-0.25, -0.2) is 4.39 Å². The Hall–Kier alpha value is -2.20. The summed E-state index contributed by atoms with van der Waals surface area (Å²) in [5.74, 6) is -0.258. The zero-order chi connectivity index (χ0) is 16.6. The van der Waals surface area contributed by atoms with Crippen LogP contribution in [0.5, 0.6) is 0 Å². The first-order valence-electron chi connectivity index (χ1n) is 7.41. The van der Waals surface area contributed by atoms with E-state index in [-0.39, 0.29) is 11.2 Å². The molecule has 1 aromatic rings. The van der Waals surface area contributed by atoms with Gasteiger partial charge in [0.25, 0.3) is 0 Å². The lowest BCUT2D eigenvalue weighted by Crippen LogP contribution is -2.01. The molecule has 0 radical (unpaired) electrons. The average molecular weight is 328 g/mol. The molecule has 23 heavy (non-hydrogen) atoms. The Kier molecular flexibility index (Phi) is 3.94. The van der Waals surface area contributed by atoms with Crippen LogP contribution in [0.4, 0.5) is 4.39 Å². The van der Waals surface area contributed by atoms with Crippen LogP contribution in [0.25, 0.3) is 5.57 Å². The first-order valence-corrected chi connectivity index (χ1v) is 8.49. The molecule has 118 valence electrons. The Morgan fingerprint density at radius 1 is 1.00 bits per heavy atom. The van der Waals surface area contributed by atoms with Crippen molar-refractivity contribution in [2.45, 2.75) is 20.3 Å². The number of benzene rings is 1. The van der Waals surface area contributed by atoms with Crippen LogP contribution in [0, 0.1) is 11.2 Å². The Bertz CT molecular complexity index is 901. The fourth-order valence-electron chi connectivity index (χ4n) is 2.90. The van der Waals surface area contributed by atoms with Gasteiger partial charge in [0, 0.05) is 11.8 Å². The standard InChI is InChI=1S/C19H17FO2S/c1-19(2)11-17(13-3-7-15(20)8-4-13)18(12-19)14-5-9-16(10-6-14)23(21)22/h3-9,11-12H,10H2,1-2H3. The highest BCUT2D eigenvalue weighted by atomic mass is 32.2. The van der Waals surface area contributed by atoms with Crippen molar-refractivity contribution in [2.75, 3.05) is 0 Å². The molecule has 0 aromatic heterocycles. The first kappa shape index (κ1) is 15.7. The number of rotatable bonds is 2. The van der Waals surface area contributed by atoms with Crippen molar-refractivity contribution in [1.82, 2.24) is 0 Å². The molecule has 2 nitrogen and oxygen atoms in total. The Morgan fingerprint density at radius 2 is 1.65 bits per heavy atom. The molecule has 4 heteroatoms. The minimum atomic E-state index is -2.17. The molecule has 0 N–H and O–H groups in total. The summed E-state index contributed by atoms with van der Waals surface area (Å²) in [4.78, 5) is 0.388. The summed E-state index contributed by atoms with van der Waals surface area (Å²) in [7, 11) is -2.17. The fraction of sp³-hybridized carbons (Fsp3) is 0.211. The SMILES string of the molecule is CC1(C)C=C(C2=CCC(=S(=O)=O)C=C2)C(c2ccc(F)cc2)=C1. The average Bonchev–Trinajstić information content (AvgIpc) is 2.84. The molecule has 0 unspecified atom stereocenters. The summed E-state index contributed by atoms with van der Waals surface area (Å²) in [5, 5.41) is 0. The topological polar surface area (TPSA) is 34.1 Å². The fourth-order valence-corrected chi connectivity index (χ4v) is 3.30.